The smallest absolute Gasteiger partial charge is 0.293 e. The van der Waals surface area contributed by atoms with Crippen LogP contribution in [0, 0.1) is 11.3 Å². The molecule has 7 heteroatoms. The van der Waals surface area contributed by atoms with Crippen molar-refractivity contribution >= 4 is 39.8 Å². The summed E-state index contributed by atoms with van der Waals surface area (Å²) < 4.78 is 11.7. The van der Waals surface area contributed by atoms with Gasteiger partial charge in [-0.2, -0.15) is 5.26 Å². The molecule has 1 aliphatic heterocycles. The van der Waals surface area contributed by atoms with E-state index in [-0.39, 0.29) is 30.9 Å². The zero-order valence-corrected chi connectivity index (χ0v) is 20.6. The minimum Gasteiger partial charge on any atom is -0.491 e. The highest BCUT2D eigenvalue weighted by Gasteiger charge is 2.34. The quantitative estimate of drug-likeness (QED) is 0.257. The molecule has 1 saturated heterocycles. The number of rotatable bonds is 8. The van der Waals surface area contributed by atoms with E-state index in [9.17, 15) is 14.9 Å². The molecule has 0 atom stereocenters. The highest BCUT2D eigenvalue weighted by atomic mass is 32.2. The second kappa shape index (κ2) is 11.0. The van der Waals surface area contributed by atoms with Crippen LogP contribution in [0.15, 0.2) is 95.9 Å². The number of thioether (sulfide) groups is 1. The number of carbonyl (C=O) groups excluding carboxylic acids is 2. The SMILES string of the molecule is N#Cc1ccccc1COc1ccc(/C=C2\SC(=O)N(CCOc3cccc4ccccc34)C2=O)cc1. The molecule has 1 aliphatic rings. The third-order valence-electron chi connectivity index (χ3n) is 5.91. The minimum absolute atomic E-state index is 0.169. The molecule has 0 unspecified atom stereocenters. The van der Waals surface area contributed by atoms with Gasteiger partial charge in [0.2, 0.25) is 0 Å². The fourth-order valence-electron chi connectivity index (χ4n) is 3.99. The Labute approximate surface area is 218 Å². The third-order valence-corrected chi connectivity index (χ3v) is 6.81. The molecule has 4 aromatic rings. The lowest BCUT2D eigenvalue weighted by atomic mass is 10.1. The number of hydrogen-bond donors (Lipinski definition) is 0. The van der Waals surface area contributed by atoms with Gasteiger partial charge in [0.25, 0.3) is 11.1 Å². The molecule has 182 valence electrons. The maximum atomic E-state index is 12.9. The Balaban J connectivity index is 1.19. The van der Waals surface area contributed by atoms with Gasteiger partial charge in [-0.05, 0) is 53.1 Å². The van der Waals surface area contributed by atoms with Crippen LogP contribution in [0.5, 0.6) is 11.5 Å². The van der Waals surface area contributed by atoms with E-state index in [0.717, 1.165) is 39.4 Å². The van der Waals surface area contributed by atoms with Crippen molar-refractivity contribution in [1.29, 1.82) is 5.26 Å². The first-order valence-electron chi connectivity index (χ1n) is 11.7. The molecule has 4 aromatic carbocycles. The molecular formula is C30H22N2O4S. The highest BCUT2D eigenvalue weighted by molar-refractivity contribution is 8.18. The second-order valence-electron chi connectivity index (χ2n) is 8.29. The van der Waals surface area contributed by atoms with Crippen molar-refractivity contribution in [2.24, 2.45) is 0 Å². The van der Waals surface area contributed by atoms with Crippen LogP contribution in [0.4, 0.5) is 4.79 Å². The molecule has 6 nitrogen and oxygen atoms in total. The zero-order valence-electron chi connectivity index (χ0n) is 19.8. The maximum Gasteiger partial charge on any atom is 0.293 e. The van der Waals surface area contributed by atoms with Crippen LogP contribution < -0.4 is 9.47 Å². The maximum absolute atomic E-state index is 12.9. The van der Waals surface area contributed by atoms with Gasteiger partial charge in [0, 0.05) is 10.9 Å². The van der Waals surface area contributed by atoms with E-state index in [1.165, 1.54) is 4.90 Å². The lowest BCUT2D eigenvalue weighted by Crippen LogP contribution is -2.32. The van der Waals surface area contributed by atoms with Crippen LogP contribution in [0.2, 0.25) is 0 Å². The van der Waals surface area contributed by atoms with E-state index in [4.69, 9.17) is 9.47 Å². The Morgan fingerprint density at radius 1 is 0.865 bits per heavy atom. The van der Waals surface area contributed by atoms with Crippen LogP contribution in [-0.4, -0.2) is 29.2 Å². The van der Waals surface area contributed by atoms with Gasteiger partial charge < -0.3 is 9.47 Å². The summed E-state index contributed by atoms with van der Waals surface area (Å²) in [5, 5.41) is 11.0. The van der Waals surface area contributed by atoms with E-state index in [2.05, 4.69) is 6.07 Å². The summed E-state index contributed by atoms with van der Waals surface area (Å²) in [6, 6.07) is 30.4. The second-order valence-corrected chi connectivity index (χ2v) is 9.28. The first kappa shape index (κ1) is 24.2. The van der Waals surface area contributed by atoms with Gasteiger partial charge in [0.05, 0.1) is 23.1 Å². The Kier molecular flexibility index (Phi) is 7.20. The summed E-state index contributed by atoms with van der Waals surface area (Å²) >= 11 is 0.922. The molecule has 37 heavy (non-hydrogen) atoms. The Bertz CT molecular complexity index is 1530. The Morgan fingerprint density at radius 3 is 2.46 bits per heavy atom. The van der Waals surface area contributed by atoms with Gasteiger partial charge in [0.15, 0.2) is 0 Å². The standard InChI is InChI=1S/C30H22N2O4S/c31-19-23-7-1-2-8-24(23)20-36-25-14-12-21(13-15-25)18-28-29(33)32(30(34)37-28)16-17-35-27-11-5-9-22-6-3-4-10-26(22)27/h1-15,18H,16-17,20H2/b28-18-. The molecule has 1 heterocycles. The van der Waals surface area contributed by atoms with Gasteiger partial charge in [-0.25, -0.2) is 0 Å². The van der Waals surface area contributed by atoms with Gasteiger partial charge >= 0.3 is 0 Å². The van der Waals surface area contributed by atoms with Crippen molar-refractivity contribution in [2.45, 2.75) is 6.61 Å². The lowest BCUT2D eigenvalue weighted by molar-refractivity contribution is -0.123. The number of hydrogen-bond acceptors (Lipinski definition) is 6. The summed E-state index contributed by atoms with van der Waals surface area (Å²) in [6.07, 6.45) is 1.70. The predicted octanol–water partition coefficient (Wildman–Crippen LogP) is 6.41. The topological polar surface area (TPSA) is 79.6 Å². The summed E-state index contributed by atoms with van der Waals surface area (Å²) in [7, 11) is 0. The monoisotopic (exact) mass is 506 g/mol. The molecule has 0 saturated carbocycles. The van der Waals surface area contributed by atoms with Crippen LogP contribution in [0.1, 0.15) is 16.7 Å². The predicted molar refractivity (Wildman–Crippen MR) is 144 cm³/mol. The molecule has 0 N–H and O–H groups in total. The molecule has 2 amide bonds. The zero-order chi connectivity index (χ0) is 25.6. The molecule has 0 radical (unpaired) electrons. The van der Waals surface area contributed by atoms with Crippen molar-refractivity contribution in [3.63, 3.8) is 0 Å². The molecule has 0 bridgehead atoms. The van der Waals surface area contributed by atoms with Crippen molar-refractivity contribution in [3.05, 3.63) is 113 Å². The molecule has 0 spiro atoms. The number of carbonyl (C=O) groups is 2. The van der Waals surface area contributed by atoms with E-state index in [1.807, 2.05) is 72.8 Å². The number of ether oxygens (including phenoxy) is 2. The summed E-state index contributed by atoms with van der Waals surface area (Å²) in [5.74, 6) is 1.03. The largest absolute Gasteiger partial charge is 0.491 e. The fourth-order valence-corrected chi connectivity index (χ4v) is 4.85. The van der Waals surface area contributed by atoms with Gasteiger partial charge in [-0.1, -0.05) is 66.7 Å². The first-order chi connectivity index (χ1) is 18.1. The summed E-state index contributed by atoms with van der Waals surface area (Å²) in [6.45, 7) is 0.658. The Hall–Kier alpha value is -4.54. The van der Waals surface area contributed by atoms with Crippen LogP contribution >= 0.6 is 11.8 Å². The van der Waals surface area contributed by atoms with Gasteiger partial charge in [0.1, 0.15) is 24.7 Å². The lowest BCUT2D eigenvalue weighted by Gasteiger charge is -2.14. The molecular weight excluding hydrogens is 484 g/mol. The van der Waals surface area contributed by atoms with Crippen molar-refractivity contribution in [2.75, 3.05) is 13.2 Å². The van der Waals surface area contributed by atoms with Crippen molar-refractivity contribution in [1.82, 2.24) is 4.90 Å². The molecule has 5 rings (SSSR count). The molecule has 0 aliphatic carbocycles. The first-order valence-corrected chi connectivity index (χ1v) is 12.5. The average molecular weight is 507 g/mol. The Morgan fingerprint density at radius 2 is 1.62 bits per heavy atom. The highest BCUT2D eigenvalue weighted by Crippen LogP contribution is 2.32. The molecule has 0 aromatic heterocycles. The van der Waals surface area contributed by atoms with E-state index in [0.29, 0.717) is 16.2 Å². The third kappa shape index (κ3) is 5.50. The number of amides is 2. The normalized spacial score (nSPS) is 14.2. The summed E-state index contributed by atoms with van der Waals surface area (Å²) in [4.78, 5) is 26.9. The number of nitriles is 1. The minimum atomic E-state index is -0.329. The van der Waals surface area contributed by atoms with Crippen LogP contribution in [0.3, 0.4) is 0 Å². The van der Waals surface area contributed by atoms with Crippen LogP contribution in [-0.2, 0) is 11.4 Å². The van der Waals surface area contributed by atoms with Crippen LogP contribution in [0.25, 0.3) is 16.8 Å². The summed E-state index contributed by atoms with van der Waals surface area (Å²) in [5.41, 5.74) is 2.17. The van der Waals surface area contributed by atoms with E-state index < -0.39 is 0 Å². The van der Waals surface area contributed by atoms with Gasteiger partial charge in [-0.15, -0.1) is 0 Å². The van der Waals surface area contributed by atoms with E-state index in [1.54, 1.807) is 24.3 Å². The molecule has 1 fully saturated rings. The number of benzene rings is 4. The fraction of sp³-hybridized carbons (Fsp3) is 0.100. The average Bonchev–Trinajstić information content (AvgIpc) is 3.20. The number of nitrogens with zero attached hydrogens (tertiary/aromatic N) is 2. The van der Waals surface area contributed by atoms with Crippen molar-refractivity contribution in [3.8, 4) is 17.6 Å². The number of fused-ring (bicyclic) bond motifs is 1. The van der Waals surface area contributed by atoms with E-state index >= 15 is 0 Å². The number of imide groups is 1. The van der Waals surface area contributed by atoms with Crippen molar-refractivity contribution < 1.29 is 19.1 Å². The van der Waals surface area contributed by atoms with Gasteiger partial charge in [-0.3, -0.25) is 14.5 Å².